The van der Waals surface area contributed by atoms with Gasteiger partial charge in [-0.3, -0.25) is 9.59 Å². The third-order valence-electron chi connectivity index (χ3n) is 4.24. The number of carbonyl (C=O) groups excluding carboxylic acids is 2. The number of imide groups is 1. The molecule has 1 fully saturated rings. The first-order chi connectivity index (χ1) is 9.16. The van der Waals surface area contributed by atoms with E-state index in [0.29, 0.717) is 17.8 Å². The van der Waals surface area contributed by atoms with Gasteiger partial charge in [0.05, 0.1) is 24.2 Å². The molecule has 0 atom stereocenters. The Hall–Kier alpha value is -1.68. The molecule has 0 saturated carbocycles. The molecule has 1 aromatic carbocycles. The van der Waals surface area contributed by atoms with E-state index in [1.165, 1.54) is 22.6 Å². The van der Waals surface area contributed by atoms with Crippen LogP contribution in [0.2, 0.25) is 0 Å². The summed E-state index contributed by atoms with van der Waals surface area (Å²) in [7, 11) is 0. The van der Waals surface area contributed by atoms with Crippen molar-refractivity contribution < 1.29 is 14.5 Å². The lowest BCUT2D eigenvalue weighted by Crippen LogP contribution is -3.14. The van der Waals surface area contributed by atoms with E-state index in [-0.39, 0.29) is 11.8 Å². The number of carbonyl (C=O) groups is 2. The summed E-state index contributed by atoms with van der Waals surface area (Å²) in [6.07, 6.45) is 2.36. The van der Waals surface area contributed by atoms with E-state index in [1.807, 2.05) is 12.1 Å². The fraction of sp³-hybridized carbons (Fsp3) is 0.467. The van der Waals surface area contributed by atoms with Crippen LogP contribution in [0, 0.1) is 5.92 Å². The SMILES string of the molecule is CC1CC[NH+](CN2C(=O)c3ccccc3C2=O)CC1. The second-order valence-electron chi connectivity index (χ2n) is 5.67. The Kier molecular flexibility index (Phi) is 3.11. The number of quaternary nitrogens is 1. The number of rotatable bonds is 2. The summed E-state index contributed by atoms with van der Waals surface area (Å²) in [6, 6.07) is 7.10. The largest absolute Gasteiger partial charge is 0.317 e. The highest BCUT2D eigenvalue weighted by Gasteiger charge is 2.37. The lowest BCUT2D eigenvalue weighted by atomic mass is 10.00. The standard InChI is InChI=1S/C15H18N2O2/c1-11-6-8-16(9-7-11)10-17-14(18)12-4-2-3-5-13(12)15(17)19/h2-5,11H,6-10H2,1H3/p+1. The van der Waals surface area contributed by atoms with Crippen molar-refractivity contribution in [1.29, 1.82) is 0 Å². The number of amides is 2. The van der Waals surface area contributed by atoms with Crippen LogP contribution in [-0.2, 0) is 0 Å². The Bertz CT molecular complexity index is 484. The fourth-order valence-corrected chi connectivity index (χ4v) is 2.93. The zero-order valence-electron chi connectivity index (χ0n) is 11.2. The maximum Gasteiger partial charge on any atom is 0.265 e. The Morgan fingerprint density at radius 3 is 2.16 bits per heavy atom. The lowest BCUT2D eigenvalue weighted by Gasteiger charge is -2.29. The van der Waals surface area contributed by atoms with Gasteiger partial charge in [-0.1, -0.05) is 19.1 Å². The molecular formula is C15H19N2O2+. The van der Waals surface area contributed by atoms with Crippen LogP contribution in [0.15, 0.2) is 24.3 Å². The molecule has 100 valence electrons. The number of nitrogens with zero attached hydrogens (tertiary/aromatic N) is 1. The van der Waals surface area contributed by atoms with Gasteiger partial charge in [-0.2, -0.15) is 0 Å². The summed E-state index contributed by atoms with van der Waals surface area (Å²) in [5.41, 5.74) is 1.11. The number of hydrogen-bond acceptors (Lipinski definition) is 2. The first-order valence-corrected chi connectivity index (χ1v) is 6.95. The lowest BCUT2D eigenvalue weighted by molar-refractivity contribution is -0.913. The van der Waals surface area contributed by atoms with E-state index in [4.69, 9.17) is 0 Å². The summed E-state index contributed by atoms with van der Waals surface area (Å²) in [4.78, 5) is 27.2. The van der Waals surface area contributed by atoms with Crippen molar-refractivity contribution >= 4 is 11.8 Å². The number of benzene rings is 1. The minimum absolute atomic E-state index is 0.133. The Morgan fingerprint density at radius 2 is 1.63 bits per heavy atom. The smallest absolute Gasteiger partial charge is 0.265 e. The molecule has 0 spiro atoms. The minimum Gasteiger partial charge on any atom is -0.317 e. The molecule has 2 amide bonds. The van der Waals surface area contributed by atoms with E-state index in [0.717, 1.165) is 19.0 Å². The van der Waals surface area contributed by atoms with Crippen molar-refractivity contribution in [3.8, 4) is 0 Å². The van der Waals surface area contributed by atoms with Gasteiger partial charge in [0.15, 0.2) is 6.67 Å². The normalized spacial score (nSPS) is 26.7. The van der Waals surface area contributed by atoms with E-state index in [1.54, 1.807) is 12.1 Å². The van der Waals surface area contributed by atoms with Gasteiger partial charge < -0.3 is 4.90 Å². The molecule has 2 aliphatic heterocycles. The zero-order valence-corrected chi connectivity index (χ0v) is 11.2. The van der Waals surface area contributed by atoms with Crippen LogP contribution in [0.4, 0.5) is 0 Å². The highest BCUT2D eigenvalue weighted by molar-refractivity contribution is 6.21. The molecule has 0 bridgehead atoms. The van der Waals surface area contributed by atoms with Crippen molar-refractivity contribution in [1.82, 2.24) is 4.90 Å². The number of fused-ring (bicyclic) bond motifs is 1. The summed E-state index contributed by atoms with van der Waals surface area (Å²) >= 11 is 0. The predicted octanol–water partition coefficient (Wildman–Crippen LogP) is 0.555. The summed E-state index contributed by atoms with van der Waals surface area (Å²) < 4.78 is 0. The molecule has 0 aromatic heterocycles. The third-order valence-corrected chi connectivity index (χ3v) is 4.24. The van der Waals surface area contributed by atoms with E-state index in [9.17, 15) is 9.59 Å². The van der Waals surface area contributed by atoms with Gasteiger partial charge in [0.25, 0.3) is 11.8 Å². The van der Waals surface area contributed by atoms with Crippen LogP contribution in [-0.4, -0.2) is 36.5 Å². The van der Waals surface area contributed by atoms with Gasteiger partial charge in [-0.05, 0) is 30.9 Å². The molecule has 1 N–H and O–H groups in total. The molecule has 4 nitrogen and oxygen atoms in total. The van der Waals surface area contributed by atoms with Crippen LogP contribution in [0.5, 0.6) is 0 Å². The monoisotopic (exact) mass is 259 g/mol. The molecule has 2 heterocycles. The summed E-state index contributed by atoms with van der Waals surface area (Å²) in [5.74, 6) is 0.504. The summed E-state index contributed by atoms with van der Waals surface area (Å²) in [6.45, 7) is 4.88. The van der Waals surface area contributed by atoms with Crippen LogP contribution in [0.1, 0.15) is 40.5 Å². The second kappa shape index (κ2) is 4.78. The topological polar surface area (TPSA) is 41.8 Å². The number of hydrogen-bond donors (Lipinski definition) is 1. The van der Waals surface area contributed by atoms with E-state index in [2.05, 4.69) is 6.92 Å². The Balaban J connectivity index is 1.74. The van der Waals surface area contributed by atoms with Crippen molar-refractivity contribution in [3.63, 3.8) is 0 Å². The van der Waals surface area contributed by atoms with Crippen molar-refractivity contribution in [2.24, 2.45) is 5.92 Å². The molecule has 2 aliphatic rings. The highest BCUT2D eigenvalue weighted by Crippen LogP contribution is 2.21. The molecule has 0 radical (unpaired) electrons. The summed E-state index contributed by atoms with van der Waals surface area (Å²) in [5, 5.41) is 0. The highest BCUT2D eigenvalue weighted by atomic mass is 16.2. The van der Waals surface area contributed by atoms with Crippen LogP contribution >= 0.6 is 0 Å². The number of piperidine rings is 1. The van der Waals surface area contributed by atoms with Crippen LogP contribution in [0.3, 0.4) is 0 Å². The minimum atomic E-state index is -0.133. The Labute approximate surface area is 113 Å². The van der Waals surface area contributed by atoms with Crippen LogP contribution in [0.25, 0.3) is 0 Å². The van der Waals surface area contributed by atoms with E-state index < -0.39 is 0 Å². The van der Waals surface area contributed by atoms with Gasteiger partial charge in [0.2, 0.25) is 0 Å². The predicted molar refractivity (Wildman–Crippen MR) is 70.9 cm³/mol. The average molecular weight is 259 g/mol. The quantitative estimate of drug-likeness (QED) is 0.788. The van der Waals surface area contributed by atoms with Crippen LogP contribution < -0.4 is 4.90 Å². The van der Waals surface area contributed by atoms with Gasteiger partial charge in [-0.25, -0.2) is 4.90 Å². The maximum atomic E-state index is 12.2. The van der Waals surface area contributed by atoms with Gasteiger partial charge in [-0.15, -0.1) is 0 Å². The fourth-order valence-electron chi connectivity index (χ4n) is 2.93. The average Bonchev–Trinajstić information content (AvgIpc) is 2.67. The molecular weight excluding hydrogens is 240 g/mol. The molecule has 1 saturated heterocycles. The van der Waals surface area contributed by atoms with Gasteiger partial charge >= 0.3 is 0 Å². The van der Waals surface area contributed by atoms with Gasteiger partial charge in [0.1, 0.15) is 0 Å². The molecule has 19 heavy (non-hydrogen) atoms. The number of nitrogens with one attached hydrogen (secondary N) is 1. The third kappa shape index (κ3) is 2.16. The van der Waals surface area contributed by atoms with Crippen molar-refractivity contribution in [2.45, 2.75) is 19.8 Å². The van der Waals surface area contributed by atoms with Crippen molar-refractivity contribution in [2.75, 3.05) is 19.8 Å². The molecule has 4 heteroatoms. The number of likely N-dealkylation sites (tertiary alicyclic amines) is 1. The van der Waals surface area contributed by atoms with Crippen molar-refractivity contribution in [3.05, 3.63) is 35.4 Å². The van der Waals surface area contributed by atoms with E-state index >= 15 is 0 Å². The molecule has 1 aromatic rings. The maximum absolute atomic E-state index is 12.2. The molecule has 3 rings (SSSR count). The Morgan fingerprint density at radius 1 is 1.11 bits per heavy atom. The second-order valence-corrected chi connectivity index (χ2v) is 5.67. The molecule has 0 aliphatic carbocycles. The molecule has 0 unspecified atom stereocenters. The van der Waals surface area contributed by atoms with Gasteiger partial charge in [0, 0.05) is 0 Å². The zero-order chi connectivity index (χ0) is 13.4. The first kappa shape index (κ1) is 12.4. The first-order valence-electron chi connectivity index (χ1n) is 6.95.